The number of benzene rings is 1. The summed E-state index contributed by atoms with van der Waals surface area (Å²) >= 11 is 0. The standard InChI is InChI=1S/C14H20FNO/c1-4-9-16(11-14(2,3)17)10-12-7-5-6-8-13(12)15/h4-8,17H,1,9-11H2,2-3H3. The Balaban J connectivity index is 2.73. The Labute approximate surface area is 102 Å². The van der Waals surface area contributed by atoms with E-state index in [0.717, 1.165) is 0 Å². The molecular weight excluding hydrogens is 217 g/mol. The maximum Gasteiger partial charge on any atom is 0.127 e. The minimum atomic E-state index is -0.797. The molecule has 3 heteroatoms. The lowest BCUT2D eigenvalue weighted by atomic mass is 10.1. The smallest absolute Gasteiger partial charge is 0.127 e. The van der Waals surface area contributed by atoms with Gasteiger partial charge >= 0.3 is 0 Å². The summed E-state index contributed by atoms with van der Waals surface area (Å²) in [4.78, 5) is 1.96. The average molecular weight is 237 g/mol. The summed E-state index contributed by atoms with van der Waals surface area (Å²) < 4.78 is 13.5. The number of hydrogen-bond acceptors (Lipinski definition) is 2. The Bertz CT molecular complexity index is 371. The normalized spacial score (nSPS) is 11.8. The van der Waals surface area contributed by atoms with Crippen molar-refractivity contribution in [2.75, 3.05) is 13.1 Å². The molecule has 1 rings (SSSR count). The van der Waals surface area contributed by atoms with Crippen LogP contribution in [0, 0.1) is 5.82 Å². The summed E-state index contributed by atoms with van der Waals surface area (Å²) in [5.74, 6) is -0.211. The fraction of sp³-hybridized carbons (Fsp3) is 0.429. The molecule has 0 spiro atoms. The van der Waals surface area contributed by atoms with E-state index >= 15 is 0 Å². The van der Waals surface area contributed by atoms with Gasteiger partial charge in [0, 0.05) is 25.2 Å². The molecule has 0 radical (unpaired) electrons. The first-order valence-corrected chi connectivity index (χ1v) is 5.71. The molecule has 0 aliphatic rings. The van der Waals surface area contributed by atoms with Crippen LogP contribution in [0.5, 0.6) is 0 Å². The topological polar surface area (TPSA) is 23.5 Å². The van der Waals surface area contributed by atoms with Crippen molar-refractivity contribution in [3.63, 3.8) is 0 Å². The fourth-order valence-corrected chi connectivity index (χ4v) is 1.78. The van der Waals surface area contributed by atoms with Gasteiger partial charge in [0.05, 0.1) is 5.60 Å². The van der Waals surface area contributed by atoms with Gasteiger partial charge in [0.2, 0.25) is 0 Å². The van der Waals surface area contributed by atoms with Gasteiger partial charge in [-0.05, 0) is 19.9 Å². The molecule has 0 amide bonds. The van der Waals surface area contributed by atoms with Crippen molar-refractivity contribution in [3.05, 3.63) is 48.3 Å². The van der Waals surface area contributed by atoms with E-state index in [2.05, 4.69) is 6.58 Å². The first-order chi connectivity index (χ1) is 7.92. The monoisotopic (exact) mass is 237 g/mol. The first kappa shape index (κ1) is 13.9. The molecule has 0 atom stereocenters. The van der Waals surface area contributed by atoms with Crippen LogP contribution in [-0.4, -0.2) is 28.7 Å². The Morgan fingerprint density at radius 2 is 2.06 bits per heavy atom. The summed E-state index contributed by atoms with van der Waals surface area (Å²) in [7, 11) is 0. The third kappa shape index (κ3) is 5.11. The van der Waals surface area contributed by atoms with E-state index in [1.165, 1.54) is 6.07 Å². The van der Waals surface area contributed by atoms with E-state index < -0.39 is 5.60 Å². The average Bonchev–Trinajstić information content (AvgIpc) is 2.19. The number of halogens is 1. The SMILES string of the molecule is C=CCN(Cc1ccccc1F)CC(C)(C)O. The maximum absolute atomic E-state index is 13.5. The molecule has 0 heterocycles. The van der Waals surface area contributed by atoms with Crippen LogP contribution in [-0.2, 0) is 6.54 Å². The number of rotatable bonds is 6. The summed E-state index contributed by atoms with van der Waals surface area (Å²) in [5, 5.41) is 9.79. The van der Waals surface area contributed by atoms with Gasteiger partial charge < -0.3 is 5.11 Å². The molecule has 2 nitrogen and oxygen atoms in total. The Kier molecular flexibility index (Phi) is 4.85. The molecule has 17 heavy (non-hydrogen) atoms. The van der Waals surface area contributed by atoms with Gasteiger partial charge in [-0.25, -0.2) is 4.39 Å². The third-order valence-electron chi connectivity index (χ3n) is 2.35. The van der Waals surface area contributed by atoms with Gasteiger partial charge in [0.25, 0.3) is 0 Å². The van der Waals surface area contributed by atoms with Crippen LogP contribution in [0.3, 0.4) is 0 Å². The van der Waals surface area contributed by atoms with Crippen LogP contribution in [0.25, 0.3) is 0 Å². The van der Waals surface area contributed by atoms with Crippen molar-refractivity contribution >= 4 is 0 Å². The van der Waals surface area contributed by atoms with E-state index in [4.69, 9.17) is 0 Å². The zero-order chi connectivity index (χ0) is 12.9. The minimum absolute atomic E-state index is 0.211. The molecule has 94 valence electrons. The largest absolute Gasteiger partial charge is 0.389 e. The van der Waals surface area contributed by atoms with Crippen LogP contribution in [0.2, 0.25) is 0 Å². The van der Waals surface area contributed by atoms with E-state index in [1.54, 1.807) is 32.1 Å². The summed E-state index contributed by atoms with van der Waals surface area (Å²) in [5.41, 5.74) is -0.160. The van der Waals surface area contributed by atoms with Crippen molar-refractivity contribution in [2.45, 2.75) is 26.0 Å². The van der Waals surface area contributed by atoms with Gasteiger partial charge in [-0.1, -0.05) is 24.3 Å². The molecule has 0 aromatic heterocycles. The van der Waals surface area contributed by atoms with Crippen molar-refractivity contribution in [1.29, 1.82) is 0 Å². The zero-order valence-electron chi connectivity index (χ0n) is 10.5. The van der Waals surface area contributed by atoms with Gasteiger partial charge in [-0.15, -0.1) is 6.58 Å². The molecule has 0 unspecified atom stereocenters. The fourth-order valence-electron chi connectivity index (χ4n) is 1.78. The van der Waals surface area contributed by atoms with Gasteiger partial charge in [-0.3, -0.25) is 4.90 Å². The predicted molar refractivity (Wildman–Crippen MR) is 68.2 cm³/mol. The Hall–Kier alpha value is -1.19. The van der Waals surface area contributed by atoms with Gasteiger partial charge in [-0.2, -0.15) is 0 Å². The Morgan fingerprint density at radius 1 is 1.41 bits per heavy atom. The second kappa shape index (κ2) is 5.94. The highest BCUT2D eigenvalue weighted by Crippen LogP contribution is 2.12. The highest BCUT2D eigenvalue weighted by Gasteiger charge is 2.18. The molecule has 1 aromatic rings. The number of hydrogen-bond donors (Lipinski definition) is 1. The third-order valence-corrected chi connectivity index (χ3v) is 2.35. The van der Waals surface area contributed by atoms with Crippen LogP contribution < -0.4 is 0 Å². The number of aliphatic hydroxyl groups is 1. The summed E-state index contributed by atoms with van der Waals surface area (Å²) in [6.07, 6.45) is 1.76. The maximum atomic E-state index is 13.5. The van der Waals surface area contributed by atoms with Gasteiger partial charge in [0.1, 0.15) is 5.82 Å². The minimum Gasteiger partial charge on any atom is -0.389 e. The van der Waals surface area contributed by atoms with Crippen molar-refractivity contribution in [3.8, 4) is 0 Å². The Morgan fingerprint density at radius 3 is 2.59 bits per heavy atom. The van der Waals surface area contributed by atoms with E-state index in [9.17, 15) is 9.50 Å². The second-order valence-corrected chi connectivity index (χ2v) is 4.86. The van der Waals surface area contributed by atoms with Crippen molar-refractivity contribution in [1.82, 2.24) is 4.90 Å². The van der Waals surface area contributed by atoms with Crippen LogP contribution in [0.15, 0.2) is 36.9 Å². The van der Waals surface area contributed by atoms with E-state index in [0.29, 0.717) is 25.2 Å². The lowest BCUT2D eigenvalue weighted by molar-refractivity contribution is 0.0372. The van der Waals surface area contributed by atoms with E-state index in [-0.39, 0.29) is 5.82 Å². The predicted octanol–water partition coefficient (Wildman–Crippen LogP) is 2.58. The number of nitrogens with zero attached hydrogens (tertiary/aromatic N) is 1. The first-order valence-electron chi connectivity index (χ1n) is 5.71. The van der Waals surface area contributed by atoms with Crippen molar-refractivity contribution < 1.29 is 9.50 Å². The quantitative estimate of drug-likeness (QED) is 0.769. The molecule has 0 saturated heterocycles. The van der Waals surface area contributed by atoms with Crippen molar-refractivity contribution in [2.24, 2.45) is 0 Å². The molecule has 0 aliphatic carbocycles. The molecule has 0 fully saturated rings. The molecule has 0 saturated carbocycles. The summed E-state index contributed by atoms with van der Waals surface area (Å²) in [6.45, 7) is 8.74. The molecule has 0 aliphatic heterocycles. The molecule has 1 aromatic carbocycles. The molecule has 1 N–H and O–H groups in total. The summed E-state index contributed by atoms with van der Waals surface area (Å²) in [6, 6.07) is 6.70. The second-order valence-electron chi connectivity index (χ2n) is 4.86. The van der Waals surface area contributed by atoms with Crippen LogP contribution >= 0.6 is 0 Å². The highest BCUT2D eigenvalue weighted by atomic mass is 19.1. The highest BCUT2D eigenvalue weighted by molar-refractivity contribution is 5.17. The van der Waals surface area contributed by atoms with Crippen LogP contribution in [0.4, 0.5) is 4.39 Å². The molecule has 0 bridgehead atoms. The lowest BCUT2D eigenvalue weighted by Crippen LogP contribution is -2.38. The lowest BCUT2D eigenvalue weighted by Gasteiger charge is -2.28. The van der Waals surface area contributed by atoms with Gasteiger partial charge in [0.15, 0.2) is 0 Å². The molecular formula is C14H20FNO. The van der Waals surface area contributed by atoms with Crippen LogP contribution in [0.1, 0.15) is 19.4 Å². The zero-order valence-corrected chi connectivity index (χ0v) is 10.5. The van der Waals surface area contributed by atoms with E-state index in [1.807, 2.05) is 11.0 Å².